The number of imide groups is 1. The zero-order chi connectivity index (χ0) is 20.7. The zero-order valence-corrected chi connectivity index (χ0v) is 15.9. The minimum Gasteiger partial charge on any atom is -0.324 e. The first kappa shape index (κ1) is 18.5. The second-order valence-corrected chi connectivity index (χ2v) is 6.98. The second-order valence-electron chi connectivity index (χ2n) is 6.98. The smallest absolute Gasteiger partial charge is 0.324 e. The number of rotatable bonds is 4. The summed E-state index contributed by atoms with van der Waals surface area (Å²) in [7, 11) is 0. The number of urea groups is 1. The lowest BCUT2D eigenvalue weighted by Crippen LogP contribution is -2.39. The Labute approximate surface area is 165 Å². The molecule has 0 radical (unpaired) electrons. The molecule has 1 aromatic heterocycles. The molecule has 0 saturated carbocycles. The van der Waals surface area contributed by atoms with Crippen molar-refractivity contribution in [2.45, 2.75) is 19.9 Å². The molecular weight excluding hydrogens is 374 g/mol. The molecule has 4 rings (SSSR count). The SMILES string of the molecule is Cc1ccc(N2C(=O)N(CC(=O)Nc3ccc4[nH]c(=O)[nH]c4c3)C(=O)[C@@H]2C)cc1. The number of anilines is 2. The number of imidazole rings is 1. The van der Waals surface area contributed by atoms with E-state index in [1.165, 1.54) is 4.90 Å². The molecule has 3 aromatic rings. The Hall–Kier alpha value is -3.88. The van der Waals surface area contributed by atoms with Gasteiger partial charge in [0.2, 0.25) is 5.91 Å². The van der Waals surface area contributed by atoms with Crippen LogP contribution in [-0.2, 0) is 9.59 Å². The molecule has 1 saturated heterocycles. The number of aromatic amines is 2. The summed E-state index contributed by atoms with van der Waals surface area (Å²) < 4.78 is 0. The van der Waals surface area contributed by atoms with E-state index in [2.05, 4.69) is 15.3 Å². The van der Waals surface area contributed by atoms with Gasteiger partial charge < -0.3 is 15.3 Å². The fourth-order valence-electron chi connectivity index (χ4n) is 3.37. The monoisotopic (exact) mass is 393 g/mol. The number of amides is 4. The average Bonchev–Trinajstić information content (AvgIpc) is 3.14. The summed E-state index contributed by atoms with van der Waals surface area (Å²) in [5.74, 6) is -0.946. The van der Waals surface area contributed by atoms with Gasteiger partial charge in [0, 0.05) is 11.4 Å². The van der Waals surface area contributed by atoms with E-state index in [4.69, 9.17) is 0 Å². The van der Waals surface area contributed by atoms with Gasteiger partial charge in [0.25, 0.3) is 5.91 Å². The maximum Gasteiger partial charge on any atom is 0.332 e. The first-order valence-corrected chi connectivity index (χ1v) is 9.06. The van der Waals surface area contributed by atoms with Crippen LogP contribution in [-0.4, -0.2) is 45.3 Å². The van der Waals surface area contributed by atoms with Gasteiger partial charge in [-0.2, -0.15) is 0 Å². The van der Waals surface area contributed by atoms with Gasteiger partial charge in [0.15, 0.2) is 0 Å². The van der Waals surface area contributed by atoms with Crippen LogP contribution in [0.1, 0.15) is 12.5 Å². The molecule has 1 aliphatic rings. The zero-order valence-electron chi connectivity index (χ0n) is 15.9. The van der Waals surface area contributed by atoms with Crippen LogP contribution in [0, 0.1) is 6.92 Å². The maximum atomic E-state index is 12.8. The van der Waals surface area contributed by atoms with E-state index in [1.54, 1.807) is 37.3 Å². The molecule has 2 aromatic carbocycles. The molecule has 0 bridgehead atoms. The van der Waals surface area contributed by atoms with Gasteiger partial charge in [0.05, 0.1) is 11.0 Å². The fraction of sp³-hybridized carbons (Fsp3) is 0.200. The highest BCUT2D eigenvalue weighted by atomic mass is 16.2. The summed E-state index contributed by atoms with van der Waals surface area (Å²) in [6, 6.07) is 10.9. The van der Waals surface area contributed by atoms with Crippen molar-refractivity contribution in [3.05, 3.63) is 58.5 Å². The normalized spacial score (nSPS) is 16.7. The van der Waals surface area contributed by atoms with E-state index < -0.39 is 30.4 Å². The predicted molar refractivity (Wildman–Crippen MR) is 108 cm³/mol. The molecule has 2 heterocycles. The Bertz CT molecular complexity index is 1180. The van der Waals surface area contributed by atoms with Crippen LogP contribution in [0.4, 0.5) is 16.2 Å². The van der Waals surface area contributed by atoms with Gasteiger partial charge in [-0.05, 0) is 44.2 Å². The van der Waals surface area contributed by atoms with Gasteiger partial charge >= 0.3 is 11.7 Å². The number of aromatic nitrogens is 2. The highest BCUT2D eigenvalue weighted by Gasteiger charge is 2.44. The summed E-state index contributed by atoms with van der Waals surface area (Å²) in [6.07, 6.45) is 0. The summed E-state index contributed by atoms with van der Waals surface area (Å²) in [5, 5.41) is 2.65. The lowest BCUT2D eigenvalue weighted by Gasteiger charge is -2.19. The Morgan fingerprint density at radius 3 is 2.45 bits per heavy atom. The van der Waals surface area contributed by atoms with Crippen LogP contribution in [0.5, 0.6) is 0 Å². The van der Waals surface area contributed by atoms with Gasteiger partial charge in [-0.1, -0.05) is 17.7 Å². The Morgan fingerprint density at radius 1 is 1.03 bits per heavy atom. The summed E-state index contributed by atoms with van der Waals surface area (Å²) in [6.45, 7) is 3.17. The largest absolute Gasteiger partial charge is 0.332 e. The van der Waals surface area contributed by atoms with Gasteiger partial charge in [-0.25, -0.2) is 9.59 Å². The van der Waals surface area contributed by atoms with Crippen LogP contribution in [0.2, 0.25) is 0 Å². The molecule has 9 nitrogen and oxygen atoms in total. The number of carbonyl (C=O) groups excluding carboxylic acids is 3. The fourth-order valence-corrected chi connectivity index (χ4v) is 3.37. The number of fused-ring (bicyclic) bond motifs is 1. The third-order valence-electron chi connectivity index (χ3n) is 4.86. The molecular formula is C20H19N5O4. The van der Waals surface area contributed by atoms with E-state index in [0.29, 0.717) is 22.4 Å². The minimum atomic E-state index is -0.695. The summed E-state index contributed by atoms with van der Waals surface area (Å²) >= 11 is 0. The molecule has 0 unspecified atom stereocenters. The number of aryl methyl sites for hydroxylation is 1. The van der Waals surface area contributed by atoms with Crippen molar-refractivity contribution < 1.29 is 14.4 Å². The van der Waals surface area contributed by atoms with Crippen molar-refractivity contribution in [2.24, 2.45) is 0 Å². The molecule has 29 heavy (non-hydrogen) atoms. The van der Waals surface area contributed by atoms with Crippen LogP contribution < -0.4 is 15.9 Å². The molecule has 9 heteroatoms. The Morgan fingerprint density at radius 2 is 1.72 bits per heavy atom. The quantitative estimate of drug-likeness (QED) is 0.587. The van der Waals surface area contributed by atoms with Gasteiger partial charge in [0.1, 0.15) is 12.6 Å². The molecule has 0 spiro atoms. The number of nitrogens with one attached hydrogen (secondary N) is 3. The standard InChI is InChI=1S/C20H19N5O4/c1-11-3-6-14(7-4-11)25-12(2)18(27)24(20(25)29)10-17(26)21-13-5-8-15-16(9-13)23-19(28)22-15/h3-9,12H,10H2,1-2H3,(H,21,26)(H2,22,23,28)/t12-/m0/s1. The van der Waals surface area contributed by atoms with Crippen molar-refractivity contribution in [2.75, 3.05) is 16.8 Å². The molecule has 1 fully saturated rings. The Kier molecular flexibility index (Phi) is 4.42. The summed E-state index contributed by atoms with van der Waals surface area (Å²) in [5.41, 5.74) is 2.89. The van der Waals surface area contributed by atoms with Crippen LogP contribution in [0.3, 0.4) is 0 Å². The molecule has 148 valence electrons. The lowest BCUT2D eigenvalue weighted by atomic mass is 10.2. The molecule has 4 amide bonds. The van der Waals surface area contributed by atoms with Crippen molar-refractivity contribution >= 4 is 40.3 Å². The van der Waals surface area contributed by atoms with E-state index >= 15 is 0 Å². The first-order valence-electron chi connectivity index (χ1n) is 9.06. The van der Waals surface area contributed by atoms with E-state index in [-0.39, 0.29) is 5.69 Å². The van der Waals surface area contributed by atoms with Gasteiger partial charge in [-0.15, -0.1) is 0 Å². The van der Waals surface area contributed by atoms with Crippen molar-refractivity contribution in [1.82, 2.24) is 14.9 Å². The first-order chi connectivity index (χ1) is 13.8. The lowest BCUT2D eigenvalue weighted by molar-refractivity contribution is -0.130. The predicted octanol–water partition coefficient (Wildman–Crippen LogP) is 1.96. The number of nitrogens with zero attached hydrogens (tertiary/aromatic N) is 2. The third-order valence-corrected chi connectivity index (χ3v) is 4.86. The maximum absolute atomic E-state index is 12.8. The average molecular weight is 393 g/mol. The molecule has 1 atom stereocenters. The third kappa shape index (κ3) is 3.38. The van der Waals surface area contributed by atoms with E-state index in [1.807, 2.05) is 19.1 Å². The number of hydrogen-bond donors (Lipinski definition) is 3. The molecule has 0 aliphatic carbocycles. The van der Waals surface area contributed by atoms with Crippen LogP contribution in [0.25, 0.3) is 11.0 Å². The van der Waals surface area contributed by atoms with Crippen molar-refractivity contribution in [1.29, 1.82) is 0 Å². The van der Waals surface area contributed by atoms with E-state index in [9.17, 15) is 19.2 Å². The minimum absolute atomic E-state index is 0.345. The number of carbonyl (C=O) groups is 3. The molecule has 3 N–H and O–H groups in total. The van der Waals surface area contributed by atoms with Crippen LogP contribution in [0.15, 0.2) is 47.3 Å². The summed E-state index contributed by atoms with van der Waals surface area (Å²) in [4.78, 5) is 56.7. The number of benzene rings is 2. The topological polar surface area (TPSA) is 118 Å². The van der Waals surface area contributed by atoms with Gasteiger partial charge in [-0.3, -0.25) is 19.4 Å². The Balaban J connectivity index is 1.49. The highest BCUT2D eigenvalue weighted by Crippen LogP contribution is 2.26. The second kappa shape index (κ2) is 6.93. The molecule has 1 aliphatic heterocycles. The van der Waals surface area contributed by atoms with Crippen molar-refractivity contribution in [3.63, 3.8) is 0 Å². The number of hydrogen-bond acceptors (Lipinski definition) is 4. The van der Waals surface area contributed by atoms with Crippen LogP contribution >= 0.6 is 0 Å². The van der Waals surface area contributed by atoms with Crippen molar-refractivity contribution in [3.8, 4) is 0 Å². The van der Waals surface area contributed by atoms with E-state index in [0.717, 1.165) is 10.5 Å². The number of H-pyrrole nitrogens is 2. The highest BCUT2D eigenvalue weighted by molar-refractivity contribution is 6.16.